The largest absolute Gasteiger partial charge is 0.481 e. The number of nitrogens with zero attached hydrogens (tertiary/aromatic N) is 2. The van der Waals surface area contributed by atoms with Gasteiger partial charge in [0.2, 0.25) is 0 Å². The van der Waals surface area contributed by atoms with E-state index >= 15 is 0 Å². The number of anilines is 2. The zero-order chi connectivity index (χ0) is 20.2. The summed E-state index contributed by atoms with van der Waals surface area (Å²) < 4.78 is 0. The minimum absolute atomic E-state index is 0.00956. The average molecular weight is 393 g/mol. The molecule has 2 aromatic carbocycles. The molecule has 0 aromatic heterocycles. The number of carbonyl (C=O) groups is 2. The Morgan fingerprint density at radius 2 is 1.59 bits per heavy atom. The standard InChI is InChI=1S/C23H27N3O3/c27-22(28)3-1-2-17-4-7-20(8-5-17)25-14-15-26(23(25)29)21-9-6-18-10-12-24-13-11-19(18)16-21/h4-9,16,24H,1-3,10-15H2,(H,27,28). The molecule has 29 heavy (non-hydrogen) atoms. The van der Waals surface area contributed by atoms with Crippen molar-refractivity contribution < 1.29 is 14.7 Å². The van der Waals surface area contributed by atoms with Crippen LogP contribution in [0.4, 0.5) is 16.2 Å². The SMILES string of the molecule is O=C(O)CCCc1ccc(N2CCN(c3ccc4c(c3)CCNCC4)C2=O)cc1. The summed E-state index contributed by atoms with van der Waals surface area (Å²) in [5.74, 6) is -0.765. The number of aryl methyl sites for hydroxylation is 1. The van der Waals surface area contributed by atoms with Crippen molar-refractivity contribution in [1.82, 2.24) is 5.32 Å². The monoisotopic (exact) mass is 393 g/mol. The van der Waals surface area contributed by atoms with Gasteiger partial charge >= 0.3 is 12.0 Å². The number of urea groups is 1. The van der Waals surface area contributed by atoms with Gasteiger partial charge < -0.3 is 10.4 Å². The number of carboxylic acid groups (broad SMARTS) is 1. The molecule has 6 heteroatoms. The molecule has 2 aliphatic rings. The zero-order valence-electron chi connectivity index (χ0n) is 16.6. The van der Waals surface area contributed by atoms with E-state index in [0.29, 0.717) is 19.5 Å². The van der Waals surface area contributed by atoms with Gasteiger partial charge in [0.15, 0.2) is 0 Å². The first-order valence-corrected chi connectivity index (χ1v) is 10.3. The van der Waals surface area contributed by atoms with E-state index in [4.69, 9.17) is 5.11 Å². The van der Waals surface area contributed by atoms with Crippen molar-refractivity contribution in [2.75, 3.05) is 36.0 Å². The van der Waals surface area contributed by atoms with Gasteiger partial charge in [-0.15, -0.1) is 0 Å². The van der Waals surface area contributed by atoms with E-state index in [1.807, 2.05) is 34.1 Å². The summed E-state index contributed by atoms with van der Waals surface area (Å²) in [4.78, 5) is 27.4. The summed E-state index contributed by atoms with van der Waals surface area (Å²) >= 11 is 0. The van der Waals surface area contributed by atoms with Crippen LogP contribution in [0.2, 0.25) is 0 Å². The Morgan fingerprint density at radius 3 is 2.31 bits per heavy atom. The quantitative estimate of drug-likeness (QED) is 0.790. The molecule has 0 saturated carbocycles. The van der Waals surface area contributed by atoms with Crippen molar-refractivity contribution in [3.05, 3.63) is 59.2 Å². The summed E-state index contributed by atoms with van der Waals surface area (Å²) in [5.41, 5.74) is 5.67. The lowest BCUT2D eigenvalue weighted by Gasteiger charge is -2.20. The molecule has 0 atom stereocenters. The topological polar surface area (TPSA) is 72.9 Å². The van der Waals surface area contributed by atoms with E-state index in [9.17, 15) is 9.59 Å². The van der Waals surface area contributed by atoms with Crippen molar-refractivity contribution in [1.29, 1.82) is 0 Å². The number of hydrogen-bond donors (Lipinski definition) is 2. The fourth-order valence-electron chi connectivity index (χ4n) is 4.13. The first-order valence-electron chi connectivity index (χ1n) is 10.3. The van der Waals surface area contributed by atoms with Gasteiger partial charge in [-0.1, -0.05) is 18.2 Å². The molecule has 152 valence electrons. The minimum atomic E-state index is -0.765. The van der Waals surface area contributed by atoms with Crippen LogP contribution in [-0.2, 0) is 24.1 Å². The first-order chi connectivity index (χ1) is 14.1. The molecule has 0 spiro atoms. The summed E-state index contributed by atoms with van der Waals surface area (Å²) in [7, 11) is 0. The Hall–Kier alpha value is -2.86. The fraction of sp³-hybridized carbons (Fsp3) is 0.391. The van der Waals surface area contributed by atoms with E-state index in [1.165, 1.54) is 11.1 Å². The number of fused-ring (bicyclic) bond motifs is 1. The van der Waals surface area contributed by atoms with Crippen molar-refractivity contribution in [2.24, 2.45) is 0 Å². The highest BCUT2D eigenvalue weighted by atomic mass is 16.4. The van der Waals surface area contributed by atoms with Gasteiger partial charge in [-0.25, -0.2) is 4.79 Å². The molecule has 0 aliphatic carbocycles. The number of carbonyl (C=O) groups excluding carboxylic acids is 1. The van der Waals surface area contributed by atoms with E-state index in [2.05, 4.69) is 23.5 Å². The van der Waals surface area contributed by atoms with Gasteiger partial charge in [0, 0.05) is 30.9 Å². The second-order valence-electron chi connectivity index (χ2n) is 7.70. The van der Waals surface area contributed by atoms with Gasteiger partial charge in [0.25, 0.3) is 0 Å². The molecular formula is C23H27N3O3. The Balaban J connectivity index is 1.43. The van der Waals surface area contributed by atoms with Gasteiger partial charge in [0.1, 0.15) is 0 Å². The summed E-state index contributed by atoms with van der Waals surface area (Å²) in [6, 6.07) is 14.3. The molecule has 0 unspecified atom stereocenters. The highest BCUT2D eigenvalue weighted by Gasteiger charge is 2.31. The predicted molar refractivity (Wildman–Crippen MR) is 114 cm³/mol. The lowest BCUT2D eigenvalue weighted by molar-refractivity contribution is -0.137. The number of hydrogen-bond acceptors (Lipinski definition) is 3. The minimum Gasteiger partial charge on any atom is -0.481 e. The molecular weight excluding hydrogens is 366 g/mol. The van der Waals surface area contributed by atoms with Gasteiger partial charge in [-0.2, -0.15) is 0 Å². The van der Waals surface area contributed by atoms with Crippen molar-refractivity contribution in [2.45, 2.75) is 32.1 Å². The molecule has 2 heterocycles. The highest BCUT2D eigenvalue weighted by Crippen LogP contribution is 2.28. The third-order valence-electron chi connectivity index (χ3n) is 5.76. The number of rotatable bonds is 6. The van der Waals surface area contributed by atoms with Crippen molar-refractivity contribution >= 4 is 23.4 Å². The van der Waals surface area contributed by atoms with E-state index in [-0.39, 0.29) is 12.5 Å². The molecule has 0 bridgehead atoms. The van der Waals surface area contributed by atoms with E-state index in [1.54, 1.807) is 0 Å². The van der Waals surface area contributed by atoms with Crippen LogP contribution in [0.15, 0.2) is 42.5 Å². The lowest BCUT2D eigenvalue weighted by Crippen LogP contribution is -2.31. The number of aliphatic carboxylic acids is 1. The Bertz CT molecular complexity index is 895. The summed E-state index contributed by atoms with van der Waals surface area (Å²) in [5, 5.41) is 12.2. The smallest absolute Gasteiger partial charge is 0.329 e. The maximum absolute atomic E-state index is 13.0. The number of carboxylic acids is 1. The Morgan fingerprint density at radius 1 is 0.931 bits per heavy atom. The normalized spacial score (nSPS) is 16.6. The summed E-state index contributed by atoms with van der Waals surface area (Å²) in [6.45, 7) is 3.33. The third kappa shape index (κ3) is 4.43. The maximum Gasteiger partial charge on any atom is 0.329 e. The Labute approximate surface area is 171 Å². The van der Waals surface area contributed by atoms with Crippen LogP contribution in [0.3, 0.4) is 0 Å². The van der Waals surface area contributed by atoms with Crippen LogP contribution in [0.5, 0.6) is 0 Å². The van der Waals surface area contributed by atoms with E-state index in [0.717, 1.165) is 49.3 Å². The molecule has 2 aliphatic heterocycles. The molecule has 0 radical (unpaired) electrons. The number of benzene rings is 2. The molecule has 2 N–H and O–H groups in total. The van der Waals surface area contributed by atoms with Gasteiger partial charge in [-0.05, 0) is 79.7 Å². The second-order valence-corrected chi connectivity index (χ2v) is 7.70. The van der Waals surface area contributed by atoms with Crippen molar-refractivity contribution in [3.63, 3.8) is 0 Å². The Kier molecular flexibility index (Phi) is 5.81. The van der Waals surface area contributed by atoms with Gasteiger partial charge in [-0.3, -0.25) is 14.6 Å². The van der Waals surface area contributed by atoms with Crippen LogP contribution >= 0.6 is 0 Å². The number of amides is 2. The highest BCUT2D eigenvalue weighted by molar-refractivity contribution is 6.06. The number of nitrogens with one attached hydrogen (secondary N) is 1. The molecule has 6 nitrogen and oxygen atoms in total. The zero-order valence-corrected chi connectivity index (χ0v) is 16.6. The second kappa shape index (κ2) is 8.66. The molecule has 1 saturated heterocycles. The molecule has 1 fully saturated rings. The summed E-state index contributed by atoms with van der Waals surface area (Å²) in [6.07, 6.45) is 3.57. The van der Waals surface area contributed by atoms with Crippen LogP contribution in [-0.4, -0.2) is 43.3 Å². The lowest BCUT2D eigenvalue weighted by atomic mass is 10.0. The van der Waals surface area contributed by atoms with E-state index < -0.39 is 5.97 Å². The van der Waals surface area contributed by atoms with Gasteiger partial charge in [0.05, 0.1) is 0 Å². The predicted octanol–water partition coefficient (Wildman–Crippen LogP) is 3.23. The third-order valence-corrected chi connectivity index (χ3v) is 5.76. The molecule has 4 rings (SSSR count). The maximum atomic E-state index is 13.0. The van der Waals surface area contributed by atoms with Crippen LogP contribution < -0.4 is 15.1 Å². The van der Waals surface area contributed by atoms with Crippen LogP contribution in [0.25, 0.3) is 0 Å². The molecule has 2 amide bonds. The fourth-order valence-corrected chi connectivity index (χ4v) is 4.13. The average Bonchev–Trinajstić information content (AvgIpc) is 2.95. The van der Waals surface area contributed by atoms with Crippen LogP contribution in [0.1, 0.15) is 29.5 Å². The van der Waals surface area contributed by atoms with Crippen molar-refractivity contribution in [3.8, 4) is 0 Å². The first kappa shape index (κ1) is 19.5. The van der Waals surface area contributed by atoms with Crippen LogP contribution in [0, 0.1) is 0 Å². The molecule has 2 aromatic rings.